The molecule has 1 aliphatic rings. The summed E-state index contributed by atoms with van der Waals surface area (Å²) in [5.41, 5.74) is 0. The lowest BCUT2D eigenvalue weighted by Gasteiger charge is -2.19. The second-order valence-corrected chi connectivity index (χ2v) is 3.96. The molecule has 0 heteroatoms. The van der Waals surface area contributed by atoms with Gasteiger partial charge < -0.3 is 0 Å². The van der Waals surface area contributed by atoms with Gasteiger partial charge in [-0.3, -0.25) is 0 Å². The van der Waals surface area contributed by atoms with E-state index in [1.807, 2.05) is 0 Å². The molecular formula is C11H20. The molecule has 11 heavy (non-hydrogen) atoms. The molecule has 0 atom stereocenters. The van der Waals surface area contributed by atoms with Gasteiger partial charge in [0.2, 0.25) is 0 Å². The number of hydrogen-bond donors (Lipinski definition) is 0. The highest BCUT2D eigenvalue weighted by molar-refractivity contribution is 4.80. The molecule has 0 bridgehead atoms. The van der Waals surface area contributed by atoms with Crippen LogP contribution in [0.5, 0.6) is 0 Å². The summed E-state index contributed by atoms with van der Waals surface area (Å²) in [5.74, 6) is 1.79. The van der Waals surface area contributed by atoms with Crippen LogP contribution in [0, 0.1) is 11.8 Å². The summed E-state index contributed by atoms with van der Waals surface area (Å²) in [6.45, 7) is 6.26. The molecule has 1 rings (SSSR count). The Labute approximate surface area is 70.7 Å². The van der Waals surface area contributed by atoms with E-state index >= 15 is 0 Å². The maximum atomic E-state index is 3.88. The maximum absolute atomic E-state index is 3.88. The fourth-order valence-electron chi connectivity index (χ4n) is 1.98. The van der Waals surface area contributed by atoms with Crippen molar-refractivity contribution < 1.29 is 0 Å². The first-order valence-corrected chi connectivity index (χ1v) is 4.95. The Morgan fingerprint density at radius 2 is 1.64 bits per heavy atom. The van der Waals surface area contributed by atoms with E-state index in [1.54, 1.807) is 0 Å². The van der Waals surface area contributed by atoms with Crippen LogP contribution in [0.25, 0.3) is 0 Å². The van der Waals surface area contributed by atoms with Crippen LogP contribution in [0.3, 0.4) is 0 Å². The predicted octanol–water partition coefficient (Wildman–Crippen LogP) is 3.78. The van der Waals surface area contributed by atoms with Crippen molar-refractivity contribution >= 4 is 0 Å². The quantitative estimate of drug-likeness (QED) is 0.502. The highest BCUT2D eigenvalue weighted by Crippen LogP contribution is 2.25. The van der Waals surface area contributed by atoms with E-state index in [-0.39, 0.29) is 0 Å². The molecule has 0 heterocycles. The minimum absolute atomic E-state index is 0.822. The molecule has 0 saturated heterocycles. The molecule has 1 saturated carbocycles. The molecule has 1 aliphatic carbocycles. The molecule has 0 radical (unpaired) electrons. The summed E-state index contributed by atoms with van der Waals surface area (Å²) in [7, 11) is 0. The van der Waals surface area contributed by atoms with Gasteiger partial charge in [0.15, 0.2) is 0 Å². The summed E-state index contributed by atoms with van der Waals surface area (Å²) in [6.07, 6.45) is 10.6. The third-order valence-electron chi connectivity index (χ3n) is 2.88. The van der Waals surface area contributed by atoms with E-state index in [0.29, 0.717) is 0 Å². The first kappa shape index (κ1) is 8.83. The van der Waals surface area contributed by atoms with E-state index in [9.17, 15) is 0 Å². The molecule has 0 nitrogen and oxygen atoms in total. The zero-order valence-corrected chi connectivity index (χ0v) is 7.68. The molecule has 0 amide bonds. The minimum Gasteiger partial charge on any atom is -0.103 e. The van der Waals surface area contributed by atoms with E-state index in [1.165, 1.54) is 38.5 Å². The third kappa shape index (κ3) is 3.09. The summed E-state index contributed by atoms with van der Waals surface area (Å²) < 4.78 is 0. The predicted molar refractivity (Wildman–Crippen MR) is 50.6 cm³/mol. The standard InChI is InChI=1S/C11H20/c1-3-11-8-4-6-10(2)7-5-9-11/h3,10-11H,1,4-9H2,2H3. The van der Waals surface area contributed by atoms with Gasteiger partial charge in [0.05, 0.1) is 0 Å². The van der Waals surface area contributed by atoms with Crippen LogP contribution in [0.4, 0.5) is 0 Å². The Morgan fingerprint density at radius 3 is 2.09 bits per heavy atom. The largest absolute Gasteiger partial charge is 0.103 e. The molecule has 0 aliphatic heterocycles. The van der Waals surface area contributed by atoms with Crippen LogP contribution in [0.2, 0.25) is 0 Å². The van der Waals surface area contributed by atoms with Crippen LogP contribution in [-0.4, -0.2) is 0 Å². The van der Waals surface area contributed by atoms with Gasteiger partial charge in [-0.05, 0) is 24.7 Å². The Balaban J connectivity index is 2.28. The normalized spacial score (nSPS) is 33.9. The lowest BCUT2D eigenvalue weighted by Crippen LogP contribution is -2.05. The van der Waals surface area contributed by atoms with Crippen LogP contribution in [0.15, 0.2) is 12.7 Å². The van der Waals surface area contributed by atoms with Gasteiger partial charge >= 0.3 is 0 Å². The van der Waals surface area contributed by atoms with Gasteiger partial charge in [-0.1, -0.05) is 38.7 Å². The van der Waals surface area contributed by atoms with Gasteiger partial charge in [-0.15, -0.1) is 6.58 Å². The molecule has 0 aromatic heterocycles. The smallest absolute Gasteiger partial charge is 0.0236 e. The van der Waals surface area contributed by atoms with Gasteiger partial charge in [0, 0.05) is 0 Å². The first-order chi connectivity index (χ1) is 5.33. The average molecular weight is 152 g/mol. The van der Waals surface area contributed by atoms with Crippen molar-refractivity contribution in [2.75, 3.05) is 0 Å². The van der Waals surface area contributed by atoms with Gasteiger partial charge in [-0.2, -0.15) is 0 Å². The SMILES string of the molecule is C=CC1CCCC(C)CCC1. The van der Waals surface area contributed by atoms with E-state index in [0.717, 1.165) is 11.8 Å². The van der Waals surface area contributed by atoms with Crippen molar-refractivity contribution in [3.05, 3.63) is 12.7 Å². The molecule has 0 aromatic rings. The fraction of sp³-hybridized carbons (Fsp3) is 0.818. The Kier molecular flexibility index (Phi) is 3.68. The van der Waals surface area contributed by atoms with Gasteiger partial charge in [-0.25, -0.2) is 0 Å². The minimum atomic E-state index is 0.822. The molecule has 0 aromatic carbocycles. The molecule has 0 spiro atoms. The second kappa shape index (κ2) is 4.58. The highest BCUT2D eigenvalue weighted by Gasteiger charge is 2.10. The zero-order valence-electron chi connectivity index (χ0n) is 7.68. The van der Waals surface area contributed by atoms with Crippen LogP contribution >= 0.6 is 0 Å². The molecule has 0 N–H and O–H groups in total. The van der Waals surface area contributed by atoms with E-state index < -0.39 is 0 Å². The summed E-state index contributed by atoms with van der Waals surface area (Å²) >= 11 is 0. The molecular weight excluding hydrogens is 132 g/mol. The Hall–Kier alpha value is -0.260. The van der Waals surface area contributed by atoms with Gasteiger partial charge in [0.1, 0.15) is 0 Å². The fourth-order valence-corrected chi connectivity index (χ4v) is 1.98. The van der Waals surface area contributed by atoms with Crippen molar-refractivity contribution in [2.45, 2.75) is 45.4 Å². The number of allylic oxidation sites excluding steroid dienone is 1. The average Bonchev–Trinajstić information content (AvgIpc) is 1.96. The zero-order chi connectivity index (χ0) is 8.10. The topological polar surface area (TPSA) is 0 Å². The molecule has 64 valence electrons. The van der Waals surface area contributed by atoms with Crippen molar-refractivity contribution in [1.82, 2.24) is 0 Å². The Morgan fingerprint density at radius 1 is 1.09 bits per heavy atom. The van der Waals surface area contributed by atoms with Crippen molar-refractivity contribution in [3.8, 4) is 0 Å². The number of hydrogen-bond acceptors (Lipinski definition) is 0. The monoisotopic (exact) mass is 152 g/mol. The molecule has 0 unspecified atom stereocenters. The summed E-state index contributed by atoms with van der Waals surface area (Å²) in [6, 6.07) is 0. The van der Waals surface area contributed by atoms with Gasteiger partial charge in [0.25, 0.3) is 0 Å². The van der Waals surface area contributed by atoms with Crippen molar-refractivity contribution in [3.63, 3.8) is 0 Å². The lowest BCUT2D eigenvalue weighted by molar-refractivity contribution is 0.365. The summed E-state index contributed by atoms with van der Waals surface area (Å²) in [4.78, 5) is 0. The van der Waals surface area contributed by atoms with E-state index in [2.05, 4.69) is 19.6 Å². The van der Waals surface area contributed by atoms with Crippen molar-refractivity contribution in [1.29, 1.82) is 0 Å². The Bertz CT molecular complexity index is 105. The number of rotatable bonds is 1. The van der Waals surface area contributed by atoms with Crippen LogP contribution < -0.4 is 0 Å². The molecule has 1 fully saturated rings. The van der Waals surface area contributed by atoms with Crippen LogP contribution in [-0.2, 0) is 0 Å². The third-order valence-corrected chi connectivity index (χ3v) is 2.88. The summed E-state index contributed by atoms with van der Waals surface area (Å²) in [5, 5.41) is 0. The maximum Gasteiger partial charge on any atom is -0.0236 e. The second-order valence-electron chi connectivity index (χ2n) is 3.96. The van der Waals surface area contributed by atoms with Crippen LogP contribution in [0.1, 0.15) is 45.4 Å². The van der Waals surface area contributed by atoms with Crippen molar-refractivity contribution in [2.24, 2.45) is 11.8 Å². The van der Waals surface area contributed by atoms with E-state index in [4.69, 9.17) is 0 Å². The first-order valence-electron chi connectivity index (χ1n) is 4.95. The lowest BCUT2D eigenvalue weighted by atomic mass is 9.87. The highest BCUT2D eigenvalue weighted by atomic mass is 14.2.